The molecular weight excluding hydrogens is 318 g/mol. The highest BCUT2D eigenvalue weighted by Gasteiger charge is 2.27. The summed E-state index contributed by atoms with van der Waals surface area (Å²) in [5.74, 6) is 0. The summed E-state index contributed by atoms with van der Waals surface area (Å²) in [6, 6.07) is 8.13. The Labute approximate surface area is 140 Å². The van der Waals surface area contributed by atoms with E-state index in [0.29, 0.717) is 0 Å². The Morgan fingerprint density at radius 2 is 2.27 bits per heavy atom. The first-order valence-electron chi connectivity index (χ1n) is 7.38. The fraction of sp³-hybridized carbons (Fsp3) is 0.438. The third-order valence-corrected chi connectivity index (χ3v) is 4.77. The molecule has 1 fully saturated rings. The lowest BCUT2D eigenvalue weighted by Crippen LogP contribution is -2.46. The highest BCUT2D eigenvalue weighted by molar-refractivity contribution is 7.07. The minimum atomic E-state index is 0.124. The minimum absolute atomic E-state index is 0.124. The average molecular weight is 338 g/mol. The molecule has 1 aromatic heterocycles. The van der Waals surface area contributed by atoms with Crippen LogP contribution >= 0.6 is 22.9 Å². The van der Waals surface area contributed by atoms with Crippen LogP contribution in [0.1, 0.15) is 17.3 Å². The van der Waals surface area contributed by atoms with Crippen LogP contribution in [0.3, 0.4) is 0 Å². The van der Waals surface area contributed by atoms with E-state index in [1.165, 1.54) is 5.56 Å². The van der Waals surface area contributed by atoms with Gasteiger partial charge in [0.1, 0.15) is 0 Å². The second-order valence-corrected chi connectivity index (χ2v) is 6.72. The van der Waals surface area contributed by atoms with Gasteiger partial charge in [-0.05, 0) is 24.7 Å². The van der Waals surface area contributed by atoms with Gasteiger partial charge in [-0.3, -0.25) is 0 Å². The number of hydrogen-bond donors (Lipinski definition) is 1. The van der Waals surface area contributed by atoms with Crippen molar-refractivity contribution in [2.45, 2.75) is 18.7 Å². The summed E-state index contributed by atoms with van der Waals surface area (Å²) in [5, 5.41) is 6.42. The van der Waals surface area contributed by atoms with Crippen LogP contribution in [0.2, 0.25) is 5.02 Å². The number of aromatic nitrogens is 1. The van der Waals surface area contributed by atoms with E-state index >= 15 is 0 Å². The van der Waals surface area contributed by atoms with E-state index in [9.17, 15) is 0 Å². The molecule has 2 heterocycles. The average Bonchev–Trinajstić information content (AvgIpc) is 3.03. The molecule has 0 radical (unpaired) electrons. The van der Waals surface area contributed by atoms with Crippen molar-refractivity contribution < 1.29 is 4.74 Å². The maximum Gasteiger partial charge on any atom is 0.0896 e. The van der Waals surface area contributed by atoms with Crippen LogP contribution in [0.5, 0.6) is 0 Å². The molecule has 0 amide bonds. The number of thiazole rings is 1. The van der Waals surface area contributed by atoms with Gasteiger partial charge in [0.15, 0.2) is 0 Å². The van der Waals surface area contributed by atoms with Crippen molar-refractivity contribution in [2.75, 3.05) is 26.7 Å². The molecule has 6 heteroatoms. The van der Waals surface area contributed by atoms with Gasteiger partial charge >= 0.3 is 0 Å². The molecule has 0 aliphatic carbocycles. The summed E-state index contributed by atoms with van der Waals surface area (Å²) in [5.41, 5.74) is 4.12. The van der Waals surface area contributed by atoms with Crippen LogP contribution in [0.15, 0.2) is 35.2 Å². The first kappa shape index (κ1) is 15.9. The fourth-order valence-electron chi connectivity index (χ4n) is 2.69. The zero-order valence-electron chi connectivity index (χ0n) is 12.5. The lowest BCUT2D eigenvalue weighted by atomic mass is 10.00. The molecule has 2 unspecified atom stereocenters. The van der Waals surface area contributed by atoms with Crippen molar-refractivity contribution in [3.63, 3.8) is 0 Å². The topological polar surface area (TPSA) is 37.4 Å². The van der Waals surface area contributed by atoms with Gasteiger partial charge in [0, 0.05) is 30.0 Å². The largest absolute Gasteiger partial charge is 0.374 e. The molecular formula is C16H20ClN3OS. The van der Waals surface area contributed by atoms with Gasteiger partial charge in [-0.25, -0.2) is 4.98 Å². The quantitative estimate of drug-likeness (QED) is 0.910. The molecule has 1 N–H and O–H groups in total. The highest BCUT2D eigenvalue weighted by atomic mass is 35.5. The zero-order chi connectivity index (χ0) is 15.4. The molecule has 1 aliphatic heterocycles. The van der Waals surface area contributed by atoms with Crippen molar-refractivity contribution in [2.24, 2.45) is 0 Å². The van der Waals surface area contributed by atoms with Gasteiger partial charge in [-0.2, -0.15) is 0 Å². The summed E-state index contributed by atoms with van der Waals surface area (Å²) < 4.78 is 6.01. The molecule has 1 saturated heterocycles. The van der Waals surface area contributed by atoms with Gasteiger partial charge < -0.3 is 15.0 Å². The minimum Gasteiger partial charge on any atom is -0.374 e. The second-order valence-electron chi connectivity index (χ2n) is 5.56. The summed E-state index contributed by atoms with van der Waals surface area (Å²) in [6.07, 6.45) is 0.124. The van der Waals surface area contributed by atoms with Crippen molar-refractivity contribution in [1.29, 1.82) is 0 Å². The van der Waals surface area contributed by atoms with Crippen LogP contribution < -0.4 is 5.32 Å². The van der Waals surface area contributed by atoms with E-state index < -0.39 is 0 Å². The van der Waals surface area contributed by atoms with Crippen LogP contribution in [-0.4, -0.2) is 42.7 Å². The molecule has 2 aromatic rings. The summed E-state index contributed by atoms with van der Waals surface area (Å²) in [6.45, 7) is 3.40. The number of nitrogens with one attached hydrogen (secondary N) is 1. The second kappa shape index (κ2) is 7.53. The zero-order valence-corrected chi connectivity index (χ0v) is 14.1. The van der Waals surface area contributed by atoms with E-state index in [1.54, 1.807) is 11.3 Å². The molecule has 0 spiro atoms. The molecule has 3 rings (SSSR count). The lowest BCUT2D eigenvalue weighted by molar-refractivity contribution is -0.0396. The monoisotopic (exact) mass is 337 g/mol. The Bertz CT molecular complexity index is 576. The summed E-state index contributed by atoms with van der Waals surface area (Å²) >= 11 is 7.63. The third-order valence-electron chi connectivity index (χ3n) is 3.88. The standard InChI is InChI=1S/C16H20ClN3OS/c1-20-6-7-21-15(9-20)16(12-2-4-13(17)5-3-12)18-8-14-10-22-11-19-14/h2-5,10-11,15-16,18H,6-9H2,1H3. The van der Waals surface area contributed by atoms with Crippen LogP contribution in [0.25, 0.3) is 0 Å². The Kier molecular flexibility index (Phi) is 5.44. The number of morpholine rings is 1. The third kappa shape index (κ3) is 4.06. The maximum absolute atomic E-state index is 6.02. The van der Waals surface area contributed by atoms with Gasteiger partial charge in [-0.1, -0.05) is 23.7 Å². The number of ether oxygens (including phenoxy) is 1. The normalized spacial score (nSPS) is 20.9. The molecule has 1 aliphatic rings. The first-order chi connectivity index (χ1) is 10.7. The number of nitrogens with zero attached hydrogens (tertiary/aromatic N) is 2. The Morgan fingerprint density at radius 3 is 2.95 bits per heavy atom. The van der Waals surface area contributed by atoms with Crippen LogP contribution in [-0.2, 0) is 11.3 Å². The Morgan fingerprint density at radius 1 is 1.45 bits per heavy atom. The maximum atomic E-state index is 6.02. The van der Waals surface area contributed by atoms with E-state index in [1.807, 2.05) is 17.6 Å². The molecule has 0 bridgehead atoms. The van der Waals surface area contributed by atoms with Gasteiger partial charge in [0.25, 0.3) is 0 Å². The number of likely N-dealkylation sites (N-methyl/N-ethyl adjacent to an activating group) is 1. The Hall–Kier alpha value is -0.980. The molecule has 4 nitrogen and oxygen atoms in total. The van der Waals surface area contributed by atoms with Gasteiger partial charge in [0.2, 0.25) is 0 Å². The fourth-order valence-corrected chi connectivity index (χ4v) is 3.37. The first-order valence-corrected chi connectivity index (χ1v) is 8.70. The molecule has 118 valence electrons. The van der Waals surface area contributed by atoms with E-state index in [2.05, 4.69) is 39.8 Å². The van der Waals surface area contributed by atoms with E-state index in [4.69, 9.17) is 16.3 Å². The number of benzene rings is 1. The van der Waals surface area contributed by atoms with Crippen LogP contribution in [0, 0.1) is 0 Å². The van der Waals surface area contributed by atoms with Gasteiger partial charge in [0.05, 0.1) is 30.0 Å². The smallest absolute Gasteiger partial charge is 0.0896 e. The predicted octanol–water partition coefficient (Wildman–Crippen LogP) is 2.96. The van der Waals surface area contributed by atoms with Crippen LogP contribution in [0.4, 0.5) is 0 Å². The number of halogens is 1. The number of rotatable bonds is 5. The molecule has 2 atom stereocenters. The molecule has 0 saturated carbocycles. The highest BCUT2D eigenvalue weighted by Crippen LogP contribution is 2.24. The molecule has 22 heavy (non-hydrogen) atoms. The van der Waals surface area contributed by atoms with Crippen molar-refractivity contribution in [1.82, 2.24) is 15.2 Å². The number of hydrogen-bond acceptors (Lipinski definition) is 5. The summed E-state index contributed by atoms with van der Waals surface area (Å²) in [4.78, 5) is 6.65. The van der Waals surface area contributed by atoms with Gasteiger partial charge in [-0.15, -0.1) is 11.3 Å². The van der Waals surface area contributed by atoms with Crippen molar-refractivity contribution in [3.8, 4) is 0 Å². The van der Waals surface area contributed by atoms with Crippen molar-refractivity contribution in [3.05, 3.63) is 51.4 Å². The lowest BCUT2D eigenvalue weighted by Gasteiger charge is -2.35. The Balaban J connectivity index is 1.76. The van der Waals surface area contributed by atoms with E-state index in [0.717, 1.165) is 37.0 Å². The molecule has 1 aromatic carbocycles. The van der Waals surface area contributed by atoms with Crippen molar-refractivity contribution >= 4 is 22.9 Å². The predicted molar refractivity (Wildman–Crippen MR) is 90.4 cm³/mol. The summed E-state index contributed by atoms with van der Waals surface area (Å²) in [7, 11) is 2.13. The van der Waals surface area contributed by atoms with E-state index in [-0.39, 0.29) is 12.1 Å². The SMILES string of the molecule is CN1CCOC(C(NCc2cscn2)c2ccc(Cl)cc2)C1.